The van der Waals surface area contributed by atoms with Gasteiger partial charge in [0, 0.05) is 10.9 Å². The van der Waals surface area contributed by atoms with Gasteiger partial charge in [0.05, 0.1) is 17.3 Å². The van der Waals surface area contributed by atoms with Crippen molar-refractivity contribution in [3.63, 3.8) is 0 Å². The average Bonchev–Trinajstić information content (AvgIpc) is 2.94. The van der Waals surface area contributed by atoms with E-state index in [0.29, 0.717) is 5.69 Å². The van der Waals surface area contributed by atoms with E-state index in [1.54, 1.807) is 11.3 Å². The summed E-state index contributed by atoms with van der Waals surface area (Å²) in [7, 11) is 0. The second kappa shape index (κ2) is 5.13. The Morgan fingerprint density at radius 2 is 1.90 bits per heavy atom. The molecule has 0 aliphatic rings. The van der Waals surface area contributed by atoms with Crippen molar-refractivity contribution in [3.05, 3.63) is 64.8 Å². The Morgan fingerprint density at radius 3 is 2.57 bits per heavy atom. The minimum atomic E-state index is -4.39. The topological polar surface area (TPSA) is 38.9 Å². The zero-order valence-corrected chi connectivity index (χ0v) is 11.6. The number of fused-ring (bicyclic) bond motifs is 1. The highest BCUT2D eigenvalue weighted by atomic mass is 32.1. The van der Waals surface area contributed by atoms with Crippen LogP contribution in [0.4, 0.5) is 13.2 Å². The fourth-order valence-corrected chi connectivity index (χ4v) is 3.13. The van der Waals surface area contributed by atoms with Crippen LogP contribution in [-0.4, -0.2) is 4.98 Å². The molecule has 1 aromatic carbocycles. The predicted molar refractivity (Wildman–Crippen MR) is 77.1 cm³/mol. The van der Waals surface area contributed by atoms with E-state index < -0.39 is 17.8 Å². The van der Waals surface area contributed by atoms with Crippen LogP contribution in [0.2, 0.25) is 0 Å². The second-order valence-electron chi connectivity index (χ2n) is 4.63. The summed E-state index contributed by atoms with van der Waals surface area (Å²) in [6, 6.07) is 9.52. The molecule has 1 unspecified atom stereocenters. The molecular formula is C15H11F3N2S. The van der Waals surface area contributed by atoms with E-state index in [4.69, 9.17) is 5.73 Å². The molecular weight excluding hydrogens is 297 g/mol. The van der Waals surface area contributed by atoms with Gasteiger partial charge in [0.2, 0.25) is 0 Å². The normalized spacial score (nSPS) is 13.5. The first-order valence-corrected chi connectivity index (χ1v) is 7.09. The number of halogens is 3. The number of nitrogens with two attached hydrogens (primary N) is 1. The predicted octanol–water partition coefficient (Wildman–Crippen LogP) is 4.36. The Labute approximate surface area is 123 Å². The van der Waals surface area contributed by atoms with Gasteiger partial charge in [-0.1, -0.05) is 18.2 Å². The molecule has 3 rings (SSSR count). The summed E-state index contributed by atoms with van der Waals surface area (Å²) < 4.78 is 38.7. The van der Waals surface area contributed by atoms with Crippen LogP contribution in [-0.2, 0) is 6.18 Å². The quantitative estimate of drug-likeness (QED) is 0.764. The molecule has 0 bridgehead atoms. The number of benzene rings is 1. The van der Waals surface area contributed by atoms with Crippen molar-refractivity contribution in [2.24, 2.45) is 5.73 Å². The smallest absolute Gasteiger partial charge is 0.319 e. The van der Waals surface area contributed by atoms with Gasteiger partial charge in [-0.2, -0.15) is 13.2 Å². The number of aromatic nitrogens is 1. The SMILES string of the molecule is NC(c1ccc(C(F)(F)F)cn1)c1cccc2ccsc12. The van der Waals surface area contributed by atoms with Crippen LogP contribution in [0.15, 0.2) is 48.0 Å². The second-order valence-corrected chi connectivity index (χ2v) is 5.55. The molecule has 108 valence electrons. The molecule has 1 atom stereocenters. The summed E-state index contributed by atoms with van der Waals surface area (Å²) in [5.41, 5.74) is 6.68. The zero-order valence-electron chi connectivity index (χ0n) is 10.8. The molecule has 6 heteroatoms. The molecule has 0 saturated carbocycles. The van der Waals surface area contributed by atoms with Gasteiger partial charge in [-0.25, -0.2) is 0 Å². The van der Waals surface area contributed by atoms with Crippen molar-refractivity contribution in [1.29, 1.82) is 0 Å². The van der Waals surface area contributed by atoms with Crippen LogP contribution in [0.25, 0.3) is 10.1 Å². The summed E-state index contributed by atoms with van der Waals surface area (Å²) in [6.07, 6.45) is -3.56. The first kappa shape index (κ1) is 14.0. The van der Waals surface area contributed by atoms with E-state index in [9.17, 15) is 13.2 Å². The molecule has 2 nitrogen and oxygen atoms in total. The average molecular weight is 308 g/mol. The molecule has 2 aromatic heterocycles. The molecule has 0 aliphatic carbocycles. The van der Waals surface area contributed by atoms with Crippen molar-refractivity contribution >= 4 is 21.4 Å². The number of hydrogen-bond donors (Lipinski definition) is 1. The summed E-state index contributed by atoms with van der Waals surface area (Å²) in [6.45, 7) is 0. The lowest BCUT2D eigenvalue weighted by Crippen LogP contribution is -2.14. The molecule has 21 heavy (non-hydrogen) atoms. The molecule has 0 amide bonds. The fourth-order valence-electron chi connectivity index (χ4n) is 2.18. The van der Waals surface area contributed by atoms with Gasteiger partial charge < -0.3 is 5.73 Å². The maximum atomic E-state index is 12.5. The zero-order chi connectivity index (χ0) is 15.0. The number of hydrogen-bond acceptors (Lipinski definition) is 3. The molecule has 0 spiro atoms. The molecule has 0 saturated heterocycles. The van der Waals surface area contributed by atoms with Gasteiger partial charge in [0.25, 0.3) is 0 Å². The highest BCUT2D eigenvalue weighted by Crippen LogP contribution is 2.32. The Hall–Kier alpha value is -1.92. The number of rotatable bonds is 2. The standard InChI is InChI=1S/C15H11F3N2S/c16-15(17,18)10-4-5-12(20-8-10)13(19)11-3-1-2-9-6-7-21-14(9)11/h1-8,13H,19H2. The minimum absolute atomic E-state index is 0.420. The van der Waals surface area contributed by atoms with Gasteiger partial charge in [-0.15, -0.1) is 11.3 Å². The third-order valence-corrected chi connectivity index (χ3v) is 4.26. The van der Waals surface area contributed by atoms with E-state index in [0.717, 1.165) is 27.9 Å². The first-order valence-electron chi connectivity index (χ1n) is 6.21. The minimum Gasteiger partial charge on any atom is -0.319 e. The van der Waals surface area contributed by atoms with E-state index in [1.807, 2.05) is 29.6 Å². The number of nitrogens with zero attached hydrogens (tertiary/aromatic N) is 1. The van der Waals surface area contributed by atoms with Crippen LogP contribution < -0.4 is 5.73 Å². The number of alkyl halides is 3. The van der Waals surface area contributed by atoms with Crippen molar-refractivity contribution in [2.45, 2.75) is 12.2 Å². The maximum absolute atomic E-state index is 12.5. The largest absolute Gasteiger partial charge is 0.417 e. The first-order chi connectivity index (χ1) is 9.97. The summed E-state index contributed by atoms with van der Waals surface area (Å²) >= 11 is 1.56. The van der Waals surface area contributed by atoms with Crippen molar-refractivity contribution in [3.8, 4) is 0 Å². The Balaban J connectivity index is 1.98. The Morgan fingerprint density at radius 1 is 1.10 bits per heavy atom. The lowest BCUT2D eigenvalue weighted by atomic mass is 10.0. The van der Waals surface area contributed by atoms with Crippen molar-refractivity contribution < 1.29 is 13.2 Å². The summed E-state index contributed by atoms with van der Waals surface area (Å²) in [5, 5.41) is 3.03. The monoisotopic (exact) mass is 308 g/mol. The number of pyridine rings is 1. The number of thiophene rings is 1. The van der Waals surface area contributed by atoms with Crippen molar-refractivity contribution in [1.82, 2.24) is 4.98 Å². The summed E-state index contributed by atoms with van der Waals surface area (Å²) in [5.74, 6) is 0. The van der Waals surface area contributed by atoms with E-state index in [1.165, 1.54) is 6.07 Å². The van der Waals surface area contributed by atoms with Crippen molar-refractivity contribution in [2.75, 3.05) is 0 Å². The van der Waals surface area contributed by atoms with E-state index >= 15 is 0 Å². The van der Waals surface area contributed by atoms with Gasteiger partial charge >= 0.3 is 6.18 Å². The maximum Gasteiger partial charge on any atom is 0.417 e. The molecule has 2 heterocycles. The van der Waals surface area contributed by atoms with Crippen LogP contribution in [0.1, 0.15) is 22.9 Å². The van der Waals surface area contributed by atoms with Crippen LogP contribution >= 0.6 is 11.3 Å². The third kappa shape index (κ3) is 2.64. The molecule has 2 N–H and O–H groups in total. The van der Waals surface area contributed by atoms with E-state index in [2.05, 4.69) is 4.98 Å². The fraction of sp³-hybridized carbons (Fsp3) is 0.133. The molecule has 0 aliphatic heterocycles. The summed E-state index contributed by atoms with van der Waals surface area (Å²) in [4.78, 5) is 3.87. The van der Waals surface area contributed by atoms with Gasteiger partial charge in [-0.3, -0.25) is 4.98 Å². The van der Waals surface area contributed by atoms with Gasteiger partial charge in [0.1, 0.15) is 0 Å². The highest BCUT2D eigenvalue weighted by Gasteiger charge is 2.31. The van der Waals surface area contributed by atoms with Crippen LogP contribution in [0.3, 0.4) is 0 Å². The molecule has 0 fully saturated rings. The van der Waals surface area contributed by atoms with Gasteiger partial charge in [-0.05, 0) is 34.5 Å². The lowest BCUT2D eigenvalue weighted by Gasteiger charge is -2.14. The third-order valence-electron chi connectivity index (χ3n) is 3.28. The Bertz CT molecular complexity index is 762. The molecule has 0 radical (unpaired) electrons. The highest BCUT2D eigenvalue weighted by molar-refractivity contribution is 7.17. The van der Waals surface area contributed by atoms with E-state index in [-0.39, 0.29) is 0 Å². The van der Waals surface area contributed by atoms with Gasteiger partial charge in [0.15, 0.2) is 0 Å². The molecule has 3 aromatic rings. The van der Waals surface area contributed by atoms with Crippen LogP contribution in [0.5, 0.6) is 0 Å². The van der Waals surface area contributed by atoms with Crippen LogP contribution in [0, 0.1) is 0 Å². The Kier molecular flexibility index (Phi) is 3.43. The lowest BCUT2D eigenvalue weighted by molar-refractivity contribution is -0.137.